The summed E-state index contributed by atoms with van der Waals surface area (Å²) >= 11 is 0. The van der Waals surface area contributed by atoms with Crippen LogP contribution in [0.4, 0.5) is 6.01 Å². The van der Waals surface area contributed by atoms with Crippen LogP contribution in [-0.2, 0) is 0 Å². The average Bonchev–Trinajstić information content (AvgIpc) is 2.14. The quantitative estimate of drug-likeness (QED) is 0.484. The third kappa shape index (κ3) is 0.636. The van der Waals surface area contributed by atoms with E-state index in [1.54, 1.807) is 0 Å². The van der Waals surface area contributed by atoms with Crippen LogP contribution in [0.1, 0.15) is 5.69 Å². The molecule has 0 aliphatic carbocycles. The minimum Gasteiger partial charge on any atom is -0.431 e. The fourth-order valence-corrected chi connectivity index (χ4v) is 0.354. The number of hydrogen-bond acceptors (Lipinski definition) is 3. The molecule has 0 aliphatic heterocycles. The van der Waals surface area contributed by atoms with Crippen LogP contribution in [0.3, 0.4) is 0 Å². The monoisotopic (exact) mass is 108 g/mol. The summed E-state index contributed by atoms with van der Waals surface area (Å²) in [5.74, 6) is 2.26. The van der Waals surface area contributed by atoms with Gasteiger partial charge in [-0.3, -0.25) is 0 Å². The van der Waals surface area contributed by atoms with Crippen LogP contribution in [0, 0.1) is 12.3 Å². The summed E-state index contributed by atoms with van der Waals surface area (Å²) in [4.78, 5) is 3.60. The maximum absolute atomic E-state index is 5.08. The number of nitrogens with two attached hydrogens (primary N) is 1. The predicted molar refractivity (Wildman–Crippen MR) is 28.9 cm³/mol. The summed E-state index contributed by atoms with van der Waals surface area (Å²) in [6, 6.07) is 0.109. The second kappa shape index (κ2) is 1.58. The first-order chi connectivity index (χ1) is 3.83. The average molecular weight is 108 g/mol. The molecule has 0 spiro atoms. The molecule has 0 radical (unpaired) electrons. The van der Waals surface area contributed by atoms with Gasteiger partial charge in [0.05, 0.1) is 0 Å². The zero-order valence-electron chi connectivity index (χ0n) is 4.09. The molecule has 1 aromatic rings. The molecule has 0 fully saturated rings. The Bertz CT molecular complexity index is 221. The van der Waals surface area contributed by atoms with Crippen LogP contribution in [0.15, 0.2) is 10.7 Å². The van der Waals surface area contributed by atoms with Crippen LogP contribution in [-0.4, -0.2) is 4.98 Å². The van der Waals surface area contributed by atoms with Crippen molar-refractivity contribution in [3.8, 4) is 12.3 Å². The zero-order chi connectivity index (χ0) is 5.98. The third-order valence-electron chi connectivity index (χ3n) is 0.670. The van der Waals surface area contributed by atoms with E-state index in [0.29, 0.717) is 5.69 Å². The van der Waals surface area contributed by atoms with Gasteiger partial charge in [-0.25, -0.2) is 0 Å². The molecule has 3 nitrogen and oxygen atoms in total. The lowest BCUT2D eigenvalue weighted by atomic mass is 10.5. The van der Waals surface area contributed by atoms with E-state index in [2.05, 4.69) is 15.3 Å². The van der Waals surface area contributed by atoms with E-state index in [0.717, 1.165) is 0 Å². The first kappa shape index (κ1) is 4.72. The number of nitrogen functional groups attached to an aromatic ring is 1. The Morgan fingerprint density at radius 1 is 1.88 bits per heavy atom. The fraction of sp³-hybridized carbons (Fsp3) is 0. The summed E-state index contributed by atoms with van der Waals surface area (Å²) < 4.78 is 4.58. The number of oxazole rings is 1. The molecule has 1 heterocycles. The van der Waals surface area contributed by atoms with Crippen molar-refractivity contribution < 1.29 is 4.42 Å². The summed E-state index contributed by atoms with van der Waals surface area (Å²) in [5.41, 5.74) is 5.51. The SMILES string of the molecule is C#Cc1coc(N)n1. The van der Waals surface area contributed by atoms with Crippen molar-refractivity contribution in [2.24, 2.45) is 0 Å². The Morgan fingerprint density at radius 2 is 2.62 bits per heavy atom. The van der Waals surface area contributed by atoms with Crippen LogP contribution in [0.2, 0.25) is 0 Å². The highest BCUT2D eigenvalue weighted by Gasteiger charge is 1.91. The molecule has 0 aliphatic rings. The van der Waals surface area contributed by atoms with Gasteiger partial charge in [-0.2, -0.15) is 4.98 Å². The van der Waals surface area contributed by atoms with Gasteiger partial charge in [-0.1, -0.05) is 0 Å². The number of rotatable bonds is 0. The highest BCUT2D eigenvalue weighted by Crippen LogP contribution is 1.99. The Balaban J connectivity index is 3.05. The lowest BCUT2D eigenvalue weighted by Gasteiger charge is -1.69. The van der Waals surface area contributed by atoms with E-state index >= 15 is 0 Å². The first-order valence-corrected chi connectivity index (χ1v) is 2.00. The molecular weight excluding hydrogens is 104 g/mol. The summed E-state index contributed by atoms with van der Waals surface area (Å²) in [7, 11) is 0. The van der Waals surface area contributed by atoms with Gasteiger partial charge in [-0.15, -0.1) is 6.42 Å². The number of anilines is 1. The molecule has 0 bridgehead atoms. The van der Waals surface area contributed by atoms with Crippen LogP contribution >= 0.6 is 0 Å². The summed E-state index contributed by atoms with van der Waals surface area (Å²) in [6.45, 7) is 0. The smallest absolute Gasteiger partial charge is 0.293 e. The van der Waals surface area contributed by atoms with Crippen LogP contribution in [0.25, 0.3) is 0 Å². The van der Waals surface area contributed by atoms with E-state index in [-0.39, 0.29) is 6.01 Å². The second-order valence-corrected chi connectivity index (χ2v) is 1.22. The largest absolute Gasteiger partial charge is 0.431 e. The Morgan fingerprint density at radius 3 is 2.88 bits per heavy atom. The van der Waals surface area contributed by atoms with Gasteiger partial charge in [0.1, 0.15) is 6.26 Å². The number of aromatic nitrogens is 1. The number of nitrogens with zero attached hydrogens (tertiary/aromatic N) is 1. The summed E-state index contributed by atoms with van der Waals surface area (Å²) in [6.07, 6.45) is 6.26. The minimum atomic E-state index is 0.109. The van der Waals surface area contributed by atoms with Gasteiger partial charge in [0.15, 0.2) is 5.69 Å². The molecule has 3 heteroatoms. The molecule has 0 amide bonds. The molecular formula is C5H4N2O. The van der Waals surface area contributed by atoms with Gasteiger partial charge < -0.3 is 10.2 Å². The van der Waals surface area contributed by atoms with Gasteiger partial charge in [0.25, 0.3) is 6.01 Å². The van der Waals surface area contributed by atoms with E-state index in [1.165, 1.54) is 6.26 Å². The predicted octanol–water partition coefficient (Wildman–Crippen LogP) is 0.238. The highest BCUT2D eigenvalue weighted by atomic mass is 16.4. The van der Waals surface area contributed by atoms with Gasteiger partial charge >= 0.3 is 0 Å². The molecule has 2 N–H and O–H groups in total. The lowest BCUT2D eigenvalue weighted by molar-refractivity contribution is 0.580. The van der Waals surface area contributed by atoms with E-state index in [9.17, 15) is 0 Å². The van der Waals surface area contributed by atoms with E-state index < -0.39 is 0 Å². The summed E-state index contributed by atoms with van der Waals surface area (Å²) in [5, 5.41) is 0. The van der Waals surface area contributed by atoms with Crippen molar-refractivity contribution >= 4 is 6.01 Å². The number of hydrogen-bond donors (Lipinski definition) is 1. The van der Waals surface area contributed by atoms with Gasteiger partial charge in [-0.05, 0) is 5.92 Å². The van der Waals surface area contributed by atoms with Crippen LogP contribution < -0.4 is 5.73 Å². The molecule has 0 aromatic carbocycles. The van der Waals surface area contributed by atoms with Crippen LogP contribution in [0.5, 0.6) is 0 Å². The zero-order valence-corrected chi connectivity index (χ0v) is 4.09. The molecule has 1 aromatic heterocycles. The maximum Gasteiger partial charge on any atom is 0.293 e. The molecule has 8 heavy (non-hydrogen) atoms. The maximum atomic E-state index is 5.08. The standard InChI is InChI=1S/C5H4N2O/c1-2-4-3-8-5(6)7-4/h1,3H,(H2,6,7). The van der Waals surface area contributed by atoms with Crippen molar-refractivity contribution in [2.75, 3.05) is 5.73 Å². The van der Waals surface area contributed by atoms with Gasteiger partial charge in [0.2, 0.25) is 0 Å². The van der Waals surface area contributed by atoms with Crippen molar-refractivity contribution in [1.29, 1.82) is 0 Å². The second-order valence-electron chi connectivity index (χ2n) is 1.22. The molecule has 0 unspecified atom stereocenters. The topological polar surface area (TPSA) is 52.0 Å². The van der Waals surface area contributed by atoms with E-state index in [1.807, 2.05) is 0 Å². The van der Waals surface area contributed by atoms with E-state index in [4.69, 9.17) is 12.2 Å². The third-order valence-corrected chi connectivity index (χ3v) is 0.670. The highest BCUT2D eigenvalue weighted by molar-refractivity contribution is 5.25. The molecule has 40 valence electrons. The van der Waals surface area contributed by atoms with Crippen molar-refractivity contribution in [3.63, 3.8) is 0 Å². The van der Waals surface area contributed by atoms with Gasteiger partial charge in [0, 0.05) is 0 Å². The van der Waals surface area contributed by atoms with Crippen molar-refractivity contribution in [3.05, 3.63) is 12.0 Å². The first-order valence-electron chi connectivity index (χ1n) is 2.00. The van der Waals surface area contributed by atoms with Crippen molar-refractivity contribution in [2.45, 2.75) is 0 Å². The molecule has 0 atom stereocenters. The normalized spacial score (nSPS) is 8.38. The fourth-order valence-electron chi connectivity index (χ4n) is 0.354. The Hall–Kier alpha value is -1.43. The molecule has 0 saturated carbocycles. The Kier molecular flexibility index (Phi) is 0.935. The molecule has 1 rings (SSSR count). The molecule has 0 saturated heterocycles. The van der Waals surface area contributed by atoms with Crippen molar-refractivity contribution in [1.82, 2.24) is 4.98 Å². The Labute approximate surface area is 46.5 Å². The number of terminal acetylenes is 1. The lowest BCUT2D eigenvalue weighted by Crippen LogP contribution is -1.82. The minimum absolute atomic E-state index is 0.109.